The summed E-state index contributed by atoms with van der Waals surface area (Å²) in [4.78, 5) is 23.7. The Balaban J connectivity index is 1.98. The highest BCUT2D eigenvalue weighted by Gasteiger charge is 2.19. The van der Waals surface area contributed by atoms with Crippen molar-refractivity contribution >= 4 is 23.6 Å². The van der Waals surface area contributed by atoms with E-state index in [4.69, 9.17) is 9.47 Å². The maximum absolute atomic E-state index is 12.0. The number of para-hydroxylation sites is 2. The molecule has 9 nitrogen and oxygen atoms in total. The highest BCUT2D eigenvalue weighted by atomic mass is 32.2. The fourth-order valence-corrected chi connectivity index (χ4v) is 2.72. The summed E-state index contributed by atoms with van der Waals surface area (Å²) in [6.07, 6.45) is 0.648. The van der Waals surface area contributed by atoms with Gasteiger partial charge in [-0.1, -0.05) is 30.0 Å². The van der Waals surface area contributed by atoms with Crippen LogP contribution in [0.5, 0.6) is 5.75 Å². The number of carbonyl (C=O) groups is 2. The van der Waals surface area contributed by atoms with Gasteiger partial charge in [-0.3, -0.25) is 9.59 Å². The summed E-state index contributed by atoms with van der Waals surface area (Å²) >= 11 is 1.10. The van der Waals surface area contributed by atoms with Gasteiger partial charge in [0.05, 0.1) is 12.4 Å². The van der Waals surface area contributed by atoms with Crippen molar-refractivity contribution in [2.45, 2.75) is 25.1 Å². The van der Waals surface area contributed by atoms with Crippen LogP contribution in [0.15, 0.2) is 42.1 Å². The zero-order valence-electron chi connectivity index (χ0n) is 15.1. The van der Waals surface area contributed by atoms with E-state index in [1.165, 1.54) is 11.6 Å². The molecule has 2 aromatic rings. The van der Waals surface area contributed by atoms with E-state index in [0.717, 1.165) is 11.8 Å². The minimum Gasteiger partial charge on any atom is -0.492 e. The van der Waals surface area contributed by atoms with Gasteiger partial charge >= 0.3 is 5.97 Å². The number of esters is 1. The average Bonchev–Trinajstić information content (AvgIpc) is 3.13. The molecule has 0 aliphatic rings. The smallest absolute Gasteiger partial charge is 0.317 e. The van der Waals surface area contributed by atoms with Gasteiger partial charge in [-0.05, 0) is 36.4 Å². The van der Waals surface area contributed by atoms with E-state index in [9.17, 15) is 9.59 Å². The first kappa shape index (κ1) is 20.4. The molecule has 27 heavy (non-hydrogen) atoms. The standard InChI is InChI=1S/C17H21N5O4S/c1-4-10-18-16(24)12(3)26-15(23)11-27-17-19-20-21-22(17)13-8-6-7-9-14(13)25-5-2/h4,6-9,12H,1,5,10-11H2,2-3H3,(H,18,24)/t12-/m1/s1. The largest absolute Gasteiger partial charge is 0.492 e. The lowest BCUT2D eigenvalue weighted by atomic mass is 10.3. The second-order valence-electron chi connectivity index (χ2n) is 5.23. The first-order valence-electron chi connectivity index (χ1n) is 8.28. The monoisotopic (exact) mass is 391 g/mol. The van der Waals surface area contributed by atoms with E-state index < -0.39 is 12.1 Å². The molecule has 0 fully saturated rings. The maximum Gasteiger partial charge on any atom is 0.317 e. The van der Waals surface area contributed by atoms with Gasteiger partial charge in [0.2, 0.25) is 5.16 Å². The molecule has 0 bridgehead atoms. The number of ether oxygens (including phenoxy) is 2. The number of tetrazole rings is 1. The molecule has 0 spiro atoms. The number of aromatic nitrogens is 4. The number of hydrogen-bond acceptors (Lipinski definition) is 8. The quantitative estimate of drug-likeness (QED) is 0.368. The lowest BCUT2D eigenvalue weighted by Crippen LogP contribution is -2.36. The molecule has 2 rings (SSSR count). The normalized spacial score (nSPS) is 11.5. The number of amides is 1. The predicted molar refractivity (Wildman–Crippen MR) is 99.8 cm³/mol. The van der Waals surface area contributed by atoms with Crippen molar-refractivity contribution in [1.82, 2.24) is 25.5 Å². The summed E-state index contributed by atoms with van der Waals surface area (Å²) < 4.78 is 12.2. The Bertz CT molecular complexity index is 795. The fraction of sp³-hybridized carbons (Fsp3) is 0.353. The molecule has 10 heteroatoms. The Morgan fingerprint density at radius 3 is 2.93 bits per heavy atom. The van der Waals surface area contributed by atoms with Crippen molar-refractivity contribution in [3.8, 4) is 11.4 Å². The van der Waals surface area contributed by atoms with Gasteiger partial charge in [-0.2, -0.15) is 4.68 Å². The Morgan fingerprint density at radius 1 is 1.41 bits per heavy atom. The Hall–Kier alpha value is -2.88. The minimum atomic E-state index is -0.896. The molecule has 0 radical (unpaired) electrons. The topological polar surface area (TPSA) is 108 Å². The Morgan fingerprint density at radius 2 is 2.19 bits per heavy atom. The van der Waals surface area contributed by atoms with E-state index in [-0.39, 0.29) is 11.7 Å². The molecular formula is C17H21N5O4S. The molecule has 144 valence electrons. The summed E-state index contributed by atoms with van der Waals surface area (Å²) in [5.74, 6) is -0.349. The molecule has 1 atom stereocenters. The number of benzene rings is 1. The second-order valence-corrected chi connectivity index (χ2v) is 6.17. The molecule has 1 N–H and O–H groups in total. The summed E-state index contributed by atoms with van der Waals surface area (Å²) in [5.41, 5.74) is 0.664. The molecular weight excluding hydrogens is 370 g/mol. The summed E-state index contributed by atoms with van der Waals surface area (Å²) in [7, 11) is 0. The van der Waals surface area contributed by atoms with Crippen LogP contribution < -0.4 is 10.1 Å². The molecule has 0 unspecified atom stereocenters. The predicted octanol–water partition coefficient (Wildman–Crippen LogP) is 1.39. The Labute approximate surface area is 161 Å². The zero-order valence-corrected chi connectivity index (χ0v) is 15.9. The van der Waals surface area contributed by atoms with Crippen LogP contribution >= 0.6 is 11.8 Å². The van der Waals surface area contributed by atoms with Crippen molar-refractivity contribution in [2.24, 2.45) is 0 Å². The third-order valence-corrected chi connectivity index (χ3v) is 4.14. The van der Waals surface area contributed by atoms with Crippen molar-refractivity contribution in [2.75, 3.05) is 18.9 Å². The van der Waals surface area contributed by atoms with Crippen LogP contribution in [-0.2, 0) is 14.3 Å². The number of rotatable bonds is 10. The molecule has 1 aromatic heterocycles. The summed E-state index contributed by atoms with van der Waals surface area (Å²) in [6, 6.07) is 7.32. The number of nitrogens with one attached hydrogen (secondary N) is 1. The molecule has 1 heterocycles. The van der Waals surface area contributed by atoms with Crippen LogP contribution in [-0.4, -0.2) is 57.1 Å². The van der Waals surface area contributed by atoms with Crippen molar-refractivity contribution in [1.29, 1.82) is 0 Å². The van der Waals surface area contributed by atoms with Gasteiger partial charge in [0.15, 0.2) is 6.10 Å². The van der Waals surface area contributed by atoms with Gasteiger partial charge in [0, 0.05) is 6.54 Å². The highest BCUT2D eigenvalue weighted by molar-refractivity contribution is 7.99. The third-order valence-electron chi connectivity index (χ3n) is 3.25. The molecule has 1 aromatic carbocycles. The first-order chi connectivity index (χ1) is 13.1. The number of thioether (sulfide) groups is 1. The molecule has 0 saturated carbocycles. The van der Waals surface area contributed by atoms with Crippen LogP contribution in [0.25, 0.3) is 5.69 Å². The molecule has 0 aliphatic heterocycles. The Kier molecular flexibility index (Phi) is 7.80. The van der Waals surface area contributed by atoms with Gasteiger partial charge in [-0.25, -0.2) is 0 Å². The number of hydrogen-bond donors (Lipinski definition) is 1. The van der Waals surface area contributed by atoms with Gasteiger partial charge in [0.25, 0.3) is 5.91 Å². The molecule has 0 saturated heterocycles. The average molecular weight is 391 g/mol. The van der Waals surface area contributed by atoms with Crippen molar-refractivity contribution in [3.05, 3.63) is 36.9 Å². The van der Waals surface area contributed by atoms with E-state index in [1.807, 2.05) is 31.2 Å². The van der Waals surface area contributed by atoms with E-state index >= 15 is 0 Å². The van der Waals surface area contributed by atoms with E-state index in [0.29, 0.717) is 29.7 Å². The van der Waals surface area contributed by atoms with Crippen LogP contribution in [0.3, 0.4) is 0 Å². The maximum atomic E-state index is 12.0. The summed E-state index contributed by atoms with van der Waals surface area (Å²) in [5, 5.41) is 14.5. The van der Waals surface area contributed by atoms with Crippen molar-refractivity contribution in [3.63, 3.8) is 0 Å². The van der Waals surface area contributed by atoms with Gasteiger partial charge in [-0.15, -0.1) is 11.7 Å². The molecule has 0 aliphatic carbocycles. The first-order valence-corrected chi connectivity index (χ1v) is 9.26. The number of nitrogens with zero attached hydrogens (tertiary/aromatic N) is 4. The fourth-order valence-electron chi connectivity index (χ4n) is 2.05. The van der Waals surface area contributed by atoms with Crippen LogP contribution in [0.4, 0.5) is 0 Å². The second kappa shape index (κ2) is 10.3. The summed E-state index contributed by atoms with van der Waals surface area (Å²) in [6.45, 7) is 7.70. The van der Waals surface area contributed by atoms with Crippen molar-refractivity contribution < 1.29 is 19.1 Å². The van der Waals surface area contributed by atoms with Gasteiger partial charge < -0.3 is 14.8 Å². The minimum absolute atomic E-state index is 0.0454. The molecule has 1 amide bonds. The lowest BCUT2D eigenvalue weighted by molar-refractivity contribution is -0.152. The van der Waals surface area contributed by atoms with Gasteiger partial charge in [0.1, 0.15) is 11.4 Å². The van der Waals surface area contributed by atoms with E-state index in [1.54, 1.807) is 6.08 Å². The van der Waals surface area contributed by atoms with Crippen LogP contribution in [0, 0.1) is 0 Å². The van der Waals surface area contributed by atoms with E-state index in [2.05, 4.69) is 27.4 Å². The SMILES string of the molecule is C=CCNC(=O)[C@@H](C)OC(=O)CSc1nnnn1-c1ccccc1OCC. The lowest BCUT2D eigenvalue weighted by Gasteiger charge is -2.13. The third kappa shape index (κ3) is 5.81. The zero-order chi connectivity index (χ0) is 19.6. The van der Waals surface area contributed by atoms with Crippen LogP contribution in [0.1, 0.15) is 13.8 Å². The highest BCUT2D eigenvalue weighted by Crippen LogP contribution is 2.25. The van der Waals surface area contributed by atoms with Crippen LogP contribution in [0.2, 0.25) is 0 Å². The number of carbonyl (C=O) groups excluding carboxylic acids is 2.